The van der Waals surface area contributed by atoms with E-state index in [0.29, 0.717) is 12.2 Å². The molecule has 1 aromatic carbocycles. The summed E-state index contributed by atoms with van der Waals surface area (Å²) >= 11 is 1.71. The molecule has 1 heterocycles. The summed E-state index contributed by atoms with van der Waals surface area (Å²) in [5.74, 6) is 2.59. The van der Waals surface area contributed by atoms with Gasteiger partial charge in [-0.15, -0.1) is 11.8 Å². The molecule has 0 saturated heterocycles. The summed E-state index contributed by atoms with van der Waals surface area (Å²) in [5, 5.41) is 8.67. The third kappa shape index (κ3) is 3.31. The van der Waals surface area contributed by atoms with E-state index in [1.165, 1.54) is 0 Å². The Morgan fingerprint density at radius 1 is 1.28 bits per heavy atom. The first kappa shape index (κ1) is 12.6. The lowest BCUT2D eigenvalue weighted by atomic mass is 10.2. The molecule has 0 N–H and O–H groups in total. The minimum atomic E-state index is 0.626. The minimum Gasteiger partial charge on any atom is -0.493 e. The molecule has 2 aromatic rings. The van der Waals surface area contributed by atoms with Crippen molar-refractivity contribution >= 4 is 11.8 Å². The van der Waals surface area contributed by atoms with Crippen molar-refractivity contribution in [2.75, 3.05) is 12.4 Å². The molecule has 0 amide bonds. The second-order valence-electron chi connectivity index (χ2n) is 3.67. The summed E-state index contributed by atoms with van der Waals surface area (Å²) < 4.78 is 10.8. The van der Waals surface area contributed by atoms with Crippen LogP contribution in [0.15, 0.2) is 45.9 Å². The molecule has 1 aromatic heterocycles. The van der Waals surface area contributed by atoms with E-state index >= 15 is 0 Å². The summed E-state index contributed by atoms with van der Waals surface area (Å²) in [7, 11) is 0. The van der Waals surface area contributed by atoms with Crippen molar-refractivity contribution in [1.29, 1.82) is 5.26 Å². The molecule has 0 fully saturated rings. The van der Waals surface area contributed by atoms with E-state index in [1.807, 2.05) is 25.1 Å². The van der Waals surface area contributed by atoms with Crippen LogP contribution in [0.1, 0.15) is 11.3 Å². The van der Waals surface area contributed by atoms with Crippen LogP contribution in [-0.2, 0) is 0 Å². The SMILES string of the molecule is Cc1occc1SCCOc1ccc(C#N)cc1. The van der Waals surface area contributed by atoms with Gasteiger partial charge in [-0.1, -0.05) is 0 Å². The number of nitrogens with zero attached hydrogens (tertiary/aromatic N) is 1. The van der Waals surface area contributed by atoms with Gasteiger partial charge in [0.1, 0.15) is 11.5 Å². The zero-order chi connectivity index (χ0) is 12.8. The highest BCUT2D eigenvalue weighted by Gasteiger charge is 2.01. The van der Waals surface area contributed by atoms with Crippen LogP contribution in [-0.4, -0.2) is 12.4 Å². The molecule has 18 heavy (non-hydrogen) atoms. The van der Waals surface area contributed by atoms with Crippen molar-refractivity contribution in [3.63, 3.8) is 0 Å². The average Bonchev–Trinajstić information content (AvgIpc) is 2.81. The number of thioether (sulfide) groups is 1. The standard InChI is InChI=1S/C14H13NO2S/c1-11-14(6-7-16-11)18-9-8-17-13-4-2-12(10-15)3-5-13/h2-7H,8-9H2,1H3. The van der Waals surface area contributed by atoms with Gasteiger partial charge in [0.25, 0.3) is 0 Å². The van der Waals surface area contributed by atoms with Gasteiger partial charge in [-0.2, -0.15) is 5.26 Å². The van der Waals surface area contributed by atoms with E-state index in [2.05, 4.69) is 6.07 Å². The predicted molar refractivity (Wildman–Crippen MR) is 70.8 cm³/mol. The van der Waals surface area contributed by atoms with Crippen LogP contribution in [0, 0.1) is 18.3 Å². The topological polar surface area (TPSA) is 46.2 Å². The third-order valence-corrected chi connectivity index (χ3v) is 3.51. The Morgan fingerprint density at radius 3 is 2.67 bits per heavy atom. The number of ether oxygens (including phenoxy) is 1. The second-order valence-corrected chi connectivity index (χ2v) is 4.81. The van der Waals surface area contributed by atoms with Gasteiger partial charge in [-0.05, 0) is 37.3 Å². The van der Waals surface area contributed by atoms with E-state index < -0.39 is 0 Å². The largest absolute Gasteiger partial charge is 0.493 e. The van der Waals surface area contributed by atoms with Gasteiger partial charge in [0.05, 0.1) is 24.5 Å². The van der Waals surface area contributed by atoms with E-state index in [-0.39, 0.29) is 0 Å². The fourth-order valence-electron chi connectivity index (χ4n) is 1.46. The quantitative estimate of drug-likeness (QED) is 0.607. The lowest BCUT2D eigenvalue weighted by Gasteiger charge is -2.05. The number of hydrogen-bond donors (Lipinski definition) is 0. The van der Waals surface area contributed by atoms with Gasteiger partial charge in [-0.3, -0.25) is 0 Å². The van der Waals surface area contributed by atoms with Crippen molar-refractivity contribution in [3.8, 4) is 11.8 Å². The molecule has 0 unspecified atom stereocenters. The Bertz CT molecular complexity index is 540. The van der Waals surface area contributed by atoms with Gasteiger partial charge >= 0.3 is 0 Å². The zero-order valence-electron chi connectivity index (χ0n) is 10.1. The maximum Gasteiger partial charge on any atom is 0.119 e. The Morgan fingerprint density at radius 2 is 2.06 bits per heavy atom. The summed E-state index contributed by atoms with van der Waals surface area (Å²) in [5.41, 5.74) is 0.644. The Kier molecular flexibility index (Phi) is 4.32. The highest BCUT2D eigenvalue weighted by atomic mass is 32.2. The fourth-order valence-corrected chi connectivity index (χ4v) is 2.25. The molecule has 0 aliphatic carbocycles. The molecule has 0 aliphatic rings. The molecule has 2 rings (SSSR count). The van der Waals surface area contributed by atoms with Gasteiger partial charge in [0.15, 0.2) is 0 Å². The smallest absolute Gasteiger partial charge is 0.119 e. The fraction of sp³-hybridized carbons (Fsp3) is 0.214. The lowest BCUT2D eigenvalue weighted by molar-refractivity contribution is 0.344. The maximum absolute atomic E-state index is 8.67. The Balaban J connectivity index is 1.75. The van der Waals surface area contributed by atoms with E-state index in [0.717, 1.165) is 22.2 Å². The third-order valence-electron chi connectivity index (χ3n) is 2.40. The van der Waals surface area contributed by atoms with Crippen LogP contribution in [0.4, 0.5) is 0 Å². The van der Waals surface area contributed by atoms with Gasteiger partial charge in [0.2, 0.25) is 0 Å². The van der Waals surface area contributed by atoms with Gasteiger partial charge in [-0.25, -0.2) is 0 Å². The molecule has 92 valence electrons. The normalized spacial score (nSPS) is 10.0. The molecule has 4 heteroatoms. The molecule has 0 radical (unpaired) electrons. The first-order valence-electron chi connectivity index (χ1n) is 5.59. The van der Waals surface area contributed by atoms with Crippen LogP contribution in [0.2, 0.25) is 0 Å². The lowest BCUT2D eigenvalue weighted by Crippen LogP contribution is -1.99. The minimum absolute atomic E-state index is 0.626. The Hall–Kier alpha value is -1.86. The molecule has 3 nitrogen and oxygen atoms in total. The number of rotatable bonds is 5. The van der Waals surface area contributed by atoms with E-state index in [4.69, 9.17) is 14.4 Å². The highest BCUT2D eigenvalue weighted by molar-refractivity contribution is 7.99. The average molecular weight is 259 g/mol. The first-order valence-corrected chi connectivity index (χ1v) is 6.58. The van der Waals surface area contributed by atoms with Crippen molar-refractivity contribution in [1.82, 2.24) is 0 Å². The van der Waals surface area contributed by atoms with Crippen LogP contribution in [0.25, 0.3) is 0 Å². The predicted octanol–water partition coefficient (Wildman–Crippen LogP) is 3.63. The number of benzene rings is 1. The van der Waals surface area contributed by atoms with Crippen molar-refractivity contribution in [3.05, 3.63) is 47.9 Å². The summed E-state index contributed by atoms with van der Waals surface area (Å²) in [6.45, 7) is 2.57. The monoisotopic (exact) mass is 259 g/mol. The van der Waals surface area contributed by atoms with Gasteiger partial charge < -0.3 is 9.15 Å². The molecule has 0 saturated carbocycles. The van der Waals surface area contributed by atoms with E-state index in [9.17, 15) is 0 Å². The first-order chi connectivity index (χ1) is 8.79. The van der Waals surface area contributed by atoms with Crippen molar-refractivity contribution in [2.45, 2.75) is 11.8 Å². The van der Waals surface area contributed by atoms with Crippen LogP contribution >= 0.6 is 11.8 Å². The number of hydrogen-bond acceptors (Lipinski definition) is 4. The van der Waals surface area contributed by atoms with Gasteiger partial charge in [0, 0.05) is 10.6 Å². The maximum atomic E-state index is 8.67. The number of furan rings is 1. The summed E-state index contributed by atoms with van der Waals surface area (Å²) in [6.07, 6.45) is 1.69. The molecular formula is C14H13NO2S. The number of nitriles is 1. The van der Waals surface area contributed by atoms with Crippen molar-refractivity contribution < 1.29 is 9.15 Å². The summed E-state index contributed by atoms with van der Waals surface area (Å²) in [4.78, 5) is 1.15. The van der Waals surface area contributed by atoms with E-state index in [1.54, 1.807) is 30.2 Å². The Labute approximate surface area is 110 Å². The molecule has 0 spiro atoms. The van der Waals surface area contributed by atoms with Crippen LogP contribution in [0.5, 0.6) is 5.75 Å². The second kappa shape index (κ2) is 6.18. The van der Waals surface area contributed by atoms with Crippen LogP contribution in [0.3, 0.4) is 0 Å². The molecule has 0 atom stereocenters. The van der Waals surface area contributed by atoms with Crippen molar-refractivity contribution in [2.24, 2.45) is 0 Å². The molecule has 0 aliphatic heterocycles. The molecular weight excluding hydrogens is 246 g/mol. The molecule has 0 bridgehead atoms. The zero-order valence-corrected chi connectivity index (χ0v) is 10.9. The highest BCUT2D eigenvalue weighted by Crippen LogP contribution is 2.23. The summed E-state index contributed by atoms with van der Waals surface area (Å²) in [6, 6.07) is 11.2. The van der Waals surface area contributed by atoms with Crippen LogP contribution < -0.4 is 4.74 Å². The number of aryl methyl sites for hydroxylation is 1.